The molecular weight excluding hydrogens is 319 g/mol. The van der Waals surface area contributed by atoms with Crippen molar-refractivity contribution in [3.8, 4) is 0 Å². The number of halogens is 1. The van der Waals surface area contributed by atoms with Crippen LogP contribution in [0.5, 0.6) is 0 Å². The van der Waals surface area contributed by atoms with Crippen LogP contribution in [0.15, 0.2) is 28.4 Å². The lowest BCUT2D eigenvalue weighted by molar-refractivity contribution is 1.09. The first kappa shape index (κ1) is 10.9. The van der Waals surface area contributed by atoms with Crippen LogP contribution in [-0.4, -0.2) is 22.4 Å². The van der Waals surface area contributed by atoms with E-state index in [0.717, 1.165) is 20.2 Å². The molecule has 7 heteroatoms. The van der Waals surface area contributed by atoms with E-state index in [1.165, 1.54) is 0 Å². The molecule has 0 aliphatic carbocycles. The first-order chi connectivity index (χ1) is 7.66. The van der Waals surface area contributed by atoms with Crippen LogP contribution in [0.3, 0.4) is 0 Å². The van der Waals surface area contributed by atoms with E-state index in [9.17, 15) is 0 Å². The summed E-state index contributed by atoms with van der Waals surface area (Å²) < 4.78 is 1.01. The van der Waals surface area contributed by atoms with Gasteiger partial charge >= 0.3 is 0 Å². The van der Waals surface area contributed by atoms with Crippen LogP contribution in [0.25, 0.3) is 10.9 Å². The number of rotatable bonds is 2. The third-order valence-electron chi connectivity index (χ3n) is 1.91. The zero-order valence-corrected chi connectivity index (χ0v) is 10.3. The van der Waals surface area contributed by atoms with Gasteiger partial charge in [0.25, 0.3) is 0 Å². The van der Waals surface area contributed by atoms with Gasteiger partial charge in [0.1, 0.15) is 3.70 Å². The maximum Gasteiger partial charge on any atom is 0.211 e. The molecule has 2 rings (SSSR count). The Morgan fingerprint density at radius 3 is 3.00 bits per heavy atom. The van der Waals surface area contributed by atoms with Crippen molar-refractivity contribution < 1.29 is 0 Å². The van der Waals surface area contributed by atoms with E-state index >= 15 is 0 Å². The van der Waals surface area contributed by atoms with E-state index in [1.807, 2.05) is 18.2 Å². The fraction of sp³-hybridized carbons (Fsp3) is 0. The third kappa shape index (κ3) is 2.30. The summed E-state index contributed by atoms with van der Waals surface area (Å²) in [6.45, 7) is 0. The van der Waals surface area contributed by atoms with Crippen molar-refractivity contribution in [1.82, 2.24) is 10.2 Å². The normalized spacial score (nSPS) is 11.1. The van der Waals surface area contributed by atoms with Gasteiger partial charge in [-0.15, -0.1) is 5.10 Å². The van der Waals surface area contributed by atoms with Crippen LogP contribution in [0.4, 0.5) is 0 Å². The molecule has 0 bridgehead atoms. The van der Waals surface area contributed by atoms with Gasteiger partial charge in [0.15, 0.2) is 0 Å². The molecule has 2 aromatic rings. The quantitative estimate of drug-likeness (QED) is 0.328. The lowest BCUT2D eigenvalue weighted by Gasteiger charge is -1.92. The van der Waals surface area contributed by atoms with Crippen LogP contribution in [0.1, 0.15) is 5.56 Å². The number of guanidine groups is 1. The molecule has 5 N–H and O–H groups in total. The summed E-state index contributed by atoms with van der Waals surface area (Å²) in [5.41, 5.74) is 12.1. The Bertz CT molecular complexity index is 566. The minimum atomic E-state index is -0.0633. The van der Waals surface area contributed by atoms with E-state index in [4.69, 9.17) is 11.5 Å². The molecule has 0 atom stereocenters. The predicted molar refractivity (Wildman–Crippen MR) is 72.2 cm³/mol. The Hall–Kier alpha value is -1.64. The number of H-pyrrole nitrogens is 1. The van der Waals surface area contributed by atoms with Gasteiger partial charge in [-0.05, 0) is 40.3 Å². The van der Waals surface area contributed by atoms with Gasteiger partial charge in [0.05, 0.1) is 11.7 Å². The highest BCUT2D eigenvalue weighted by Crippen LogP contribution is 2.18. The second kappa shape index (κ2) is 4.47. The Labute approximate surface area is 105 Å². The zero-order chi connectivity index (χ0) is 11.5. The summed E-state index contributed by atoms with van der Waals surface area (Å²) in [4.78, 5) is 0. The summed E-state index contributed by atoms with van der Waals surface area (Å²) in [7, 11) is 0. The van der Waals surface area contributed by atoms with Crippen LogP contribution >= 0.6 is 22.6 Å². The molecule has 1 heterocycles. The maximum absolute atomic E-state index is 5.15. The number of hydrogen-bond acceptors (Lipinski definition) is 3. The number of benzene rings is 1. The third-order valence-corrected chi connectivity index (χ3v) is 2.74. The first-order valence-corrected chi connectivity index (χ1v) is 5.50. The molecule has 0 saturated heterocycles. The number of aromatic amines is 1. The van der Waals surface area contributed by atoms with Gasteiger partial charge in [-0.3, -0.25) is 5.10 Å². The van der Waals surface area contributed by atoms with Crippen LogP contribution in [-0.2, 0) is 0 Å². The average Bonchev–Trinajstić information content (AvgIpc) is 2.60. The van der Waals surface area contributed by atoms with Crippen LogP contribution in [0.2, 0.25) is 0 Å². The minimum Gasteiger partial charge on any atom is -0.369 e. The fourth-order valence-electron chi connectivity index (χ4n) is 1.24. The largest absolute Gasteiger partial charge is 0.369 e. The van der Waals surface area contributed by atoms with Gasteiger partial charge in [0, 0.05) is 5.39 Å². The monoisotopic (exact) mass is 328 g/mol. The number of hydrogen-bond donors (Lipinski definition) is 3. The number of nitrogens with zero attached hydrogens (tertiary/aromatic N) is 3. The second-order valence-electron chi connectivity index (χ2n) is 3.08. The minimum absolute atomic E-state index is 0.0633. The topological polar surface area (TPSA) is 105 Å². The summed E-state index contributed by atoms with van der Waals surface area (Å²) in [6, 6.07) is 5.79. The molecule has 0 fully saturated rings. The van der Waals surface area contributed by atoms with E-state index in [1.54, 1.807) is 6.21 Å². The lowest BCUT2D eigenvalue weighted by Crippen LogP contribution is -2.21. The van der Waals surface area contributed by atoms with Crippen molar-refractivity contribution in [1.29, 1.82) is 0 Å². The van der Waals surface area contributed by atoms with Gasteiger partial charge in [-0.25, -0.2) is 0 Å². The fourth-order valence-corrected chi connectivity index (χ4v) is 1.82. The average molecular weight is 328 g/mol. The Morgan fingerprint density at radius 1 is 1.44 bits per heavy atom. The van der Waals surface area contributed by atoms with Gasteiger partial charge in [0.2, 0.25) is 5.96 Å². The zero-order valence-electron chi connectivity index (χ0n) is 8.18. The maximum atomic E-state index is 5.15. The number of fused-ring (bicyclic) bond motifs is 1. The molecule has 0 aliphatic rings. The summed E-state index contributed by atoms with van der Waals surface area (Å²) in [5, 5.41) is 15.4. The first-order valence-electron chi connectivity index (χ1n) is 4.42. The molecule has 0 aliphatic heterocycles. The molecule has 0 amide bonds. The highest BCUT2D eigenvalue weighted by molar-refractivity contribution is 14.1. The molecule has 16 heavy (non-hydrogen) atoms. The van der Waals surface area contributed by atoms with Crippen molar-refractivity contribution in [2.45, 2.75) is 0 Å². The van der Waals surface area contributed by atoms with Crippen LogP contribution < -0.4 is 11.5 Å². The van der Waals surface area contributed by atoms with Crippen molar-refractivity contribution in [3.63, 3.8) is 0 Å². The summed E-state index contributed by atoms with van der Waals surface area (Å²) in [6.07, 6.45) is 1.57. The molecular formula is C9H9IN6. The van der Waals surface area contributed by atoms with Crippen LogP contribution in [0, 0.1) is 3.70 Å². The van der Waals surface area contributed by atoms with E-state index in [-0.39, 0.29) is 5.96 Å². The summed E-state index contributed by atoms with van der Waals surface area (Å²) >= 11 is 2.20. The molecule has 6 nitrogen and oxygen atoms in total. The Balaban J connectivity index is 2.33. The van der Waals surface area contributed by atoms with Crippen molar-refractivity contribution in [3.05, 3.63) is 27.5 Å². The predicted octanol–water partition coefficient (Wildman–Crippen LogP) is 0.775. The van der Waals surface area contributed by atoms with Crippen molar-refractivity contribution in [2.75, 3.05) is 0 Å². The summed E-state index contributed by atoms with van der Waals surface area (Å²) in [5.74, 6) is -0.0633. The van der Waals surface area contributed by atoms with E-state index < -0.39 is 0 Å². The highest BCUT2D eigenvalue weighted by Gasteiger charge is 2.01. The second-order valence-corrected chi connectivity index (χ2v) is 4.16. The number of nitrogens with two attached hydrogens (primary N) is 2. The standard InChI is InChI=1S/C9H9IN6/c10-8-6-2-1-5(3-7(6)14-15-8)4-13-16-9(11)12/h1-4H,(H,14,15)(H4,11,12,16). The van der Waals surface area contributed by atoms with E-state index in [0.29, 0.717) is 0 Å². The molecule has 0 spiro atoms. The van der Waals surface area contributed by atoms with E-state index in [2.05, 4.69) is 43.0 Å². The smallest absolute Gasteiger partial charge is 0.211 e. The van der Waals surface area contributed by atoms with Crippen molar-refractivity contribution >= 4 is 45.7 Å². The number of aromatic nitrogens is 2. The molecule has 0 unspecified atom stereocenters. The Morgan fingerprint density at radius 2 is 2.25 bits per heavy atom. The number of nitrogens with one attached hydrogen (secondary N) is 1. The molecule has 1 aromatic carbocycles. The van der Waals surface area contributed by atoms with Gasteiger partial charge in [-0.2, -0.15) is 10.2 Å². The highest BCUT2D eigenvalue weighted by atomic mass is 127. The molecule has 82 valence electrons. The van der Waals surface area contributed by atoms with Gasteiger partial charge < -0.3 is 11.5 Å². The lowest BCUT2D eigenvalue weighted by atomic mass is 10.2. The van der Waals surface area contributed by atoms with Gasteiger partial charge in [-0.1, -0.05) is 6.07 Å². The molecule has 0 saturated carbocycles. The SMILES string of the molecule is NC(N)=NN=Cc1ccc2c(I)[nH]nc2c1. The van der Waals surface area contributed by atoms with Crippen molar-refractivity contribution in [2.24, 2.45) is 21.7 Å². The molecule has 1 aromatic heterocycles. The molecule has 0 radical (unpaired) electrons. The Kier molecular flexibility index (Phi) is 3.04.